The second-order valence-corrected chi connectivity index (χ2v) is 4.62. The minimum absolute atomic E-state index is 0.185. The van der Waals surface area contributed by atoms with E-state index in [1.54, 1.807) is 0 Å². The lowest BCUT2D eigenvalue weighted by Crippen LogP contribution is -2.32. The summed E-state index contributed by atoms with van der Waals surface area (Å²) in [5.74, 6) is 0.287. The predicted octanol–water partition coefficient (Wildman–Crippen LogP) is 2.46. The van der Waals surface area contributed by atoms with Crippen LogP contribution in [0.4, 0.5) is 0 Å². The van der Waals surface area contributed by atoms with Crippen LogP contribution >= 0.6 is 0 Å². The molecule has 0 fully saturated rings. The van der Waals surface area contributed by atoms with Crippen LogP contribution in [-0.2, 0) is 4.79 Å². The van der Waals surface area contributed by atoms with Gasteiger partial charge in [-0.3, -0.25) is 4.79 Å². The van der Waals surface area contributed by atoms with Crippen LogP contribution in [0, 0.1) is 5.41 Å². The van der Waals surface area contributed by atoms with Crippen LogP contribution in [0.15, 0.2) is 11.1 Å². The third-order valence-corrected chi connectivity index (χ3v) is 3.47. The Balaban J connectivity index is 2.79. The summed E-state index contributed by atoms with van der Waals surface area (Å²) in [6.07, 6.45) is 3.51. The van der Waals surface area contributed by atoms with Gasteiger partial charge in [0, 0.05) is 12.0 Å². The summed E-state index contributed by atoms with van der Waals surface area (Å²) >= 11 is 0. The van der Waals surface area contributed by atoms with E-state index < -0.39 is 0 Å². The molecule has 0 bridgehead atoms. The van der Waals surface area contributed by atoms with Crippen LogP contribution in [0.25, 0.3) is 0 Å². The van der Waals surface area contributed by atoms with Crippen LogP contribution in [0.5, 0.6) is 0 Å². The molecule has 0 aliphatic heterocycles. The Hall–Kier alpha value is -0.630. The summed E-state index contributed by atoms with van der Waals surface area (Å²) in [7, 11) is 0. The molecule has 0 heterocycles. The third-order valence-electron chi connectivity index (χ3n) is 3.47. The van der Waals surface area contributed by atoms with Gasteiger partial charge in [0.2, 0.25) is 0 Å². The molecule has 14 heavy (non-hydrogen) atoms. The van der Waals surface area contributed by atoms with Gasteiger partial charge in [0.05, 0.1) is 0 Å². The monoisotopic (exact) mass is 196 g/mol. The van der Waals surface area contributed by atoms with Crippen molar-refractivity contribution in [2.45, 2.75) is 46.5 Å². The molecule has 0 aromatic heterocycles. The molecule has 2 heteroatoms. The molecule has 1 rings (SSSR count). The lowest BCUT2D eigenvalue weighted by Gasteiger charge is -2.33. The number of carbonyl (C=O) groups is 1. The number of carbonyl (C=O) groups excluding carboxylic acids is 1. The average molecular weight is 196 g/mol. The number of Topliss-reactive ketones (excluding diaryl/α,β-unsaturated/α-hetero) is 1. The van der Waals surface area contributed by atoms with Crippen molar-refractivity contribution in [1.29, 1.82) is 0 Å². The lowest BCUT2D eigenvalue weighted by molar-refractivity contribution is -0.125. The number of aliphatic hydroxyl groups excluding tert-OH is 1. The minimum atomic E-state index is -0.216. The first kappa shape index (κ1) is 11.4. The Kier molecular flexibility index (Phi) is 3.48. The normalized spacial score (nSPS) is 28.4. The molecule has 0 spiro atoms. The molecular formula is C12H20O2. The standard InChI is InChI=1S/C12H20O2/c1-9-5-7-12(3,6-4-8-13)11(14)10(9)2/h13H,4-8H2,1-3H3. The fraction of sp³-hybridized carbons (Fsp3) is 0.750. The van der Waals surface area contributed by atoms with Crippen molar-refractivity contribution in [3.63, 3.8) is 0 Å². The fourth-order valence-corrected chi connectivity index (χ4v) is 2.12. The van der Waals surface area contributed by atoms with Gasteiger partial charge in [-0.05, 0) is 45.1 Å². The Labute approximate surface area is 86.0 Å². The summed E-state index contributed by atoms with van der Waals surface area (Å²) < 4.78 is 0. The molecular weight excluding hydrogens is 176 g/mol. The first-order valence-electron chi connectivity index (χ1n) is 5.33. The summed E-state index contributed by atoms with van der Waals surface area (Å²) in [6, 6.07) is 0. The minimum Gasteiger partial charge on any atom is -0.396 e. The Morgan fingerprint density at radius 1 is 1.43 bits per heavy atom. The second-order valence-electron chi connectivity index (χ2n) is 4.62. The third kappa shape index (κ3) is 2.06. The smallest absolute Gasteiger partial charge is 0.164 e. The van der Waals surface area contributed by atoms with E-state index in [4.69, 9.17) is 5.11 Å². The first-order chi connectivity index (χ1) is 6.51. The largest absolute Gasteiger partial charge is 0.396 e. The van der Waals surface area contributed by atoms with E-state index in [1.165, 1.54) is 5.57 Å². The maximum absolute atomic E-state index is 12.0. The molecule has 2 nitrogen and oxygen atoms in total. The van der Waals surface area contributed by atoms with E-state index >= 15 is 0 Å². The zero-order chi connectivity index (χ0) is 10.8. The number of rotatable bonds is 3. The summed E-state index contributed by atoms with van der Waals surface area (Å²) in [5.41, 5.74) is 1.96. The van der Waals surface area contributed by atoms with Crippen molar-refractivity contribution in [3.8, 4) is 0 Å². The number of ketones is 1. The van der Waals surface area contributed by atoms with Crippen molar-refractivity contribution >= 4 is 5.78 Å². The van der Waals surface area contributed by atoms with Gasteiger partial charge < -0.3 is 5.11 Å². The molecule has 80 valence electrons. The molecule has 0 saturated heterocycles. The van der Waals surface area contributed by atoms with Gasteiger partial charge in [-0.2, -0.15) is 0 Å². The molecule has 0 amide bonds. The Morgan fingerprint density at radius 2 is 2.07 bits per heavy atom. The van der Waals surface area contributed by atoms with Gasteiger partial charge in [-0.1, -0.05) is 12.5 Å². The summed E-state index contributed by atoms with van der Waals surface area (Å²) in [5, 5.41) is 8.79. The second kappa shape index (κ2) is 4.26. The summed E-state index contributed by atoms with van der Waals surface area (Å²) in [6.45, 7) is 6.18. The van der Waals surface area contributed by atoms with Gasteiger partial charge in [0.25, 0.3) is 0 Å². The van der Waals surface area contributed by atoms with E-state index in [0.717, 1.165) is 31.3 Å². The zero-order valence-corrected chi connectivity index (χ0v) is 9.39. The van der Waals surface area contributed by atoms with Crippen LogP contribution in [0.3, 0.4) is 0 Å². The first-order valence-corrected chi connectivity index (χ1v) is 5.33. The molecule has 0 aromatic rings. The van der Waals surface area contributed by atoms with Crippen LogP contribution in [0.1, 0.15) is 46.5 Å². The van der Waals surface area contributed by atoms with Gasteiger partial charge >= 0.3 is 0 Å². The topological polar surface area (TPSA) is 37.3 Å². The molecule has 0 radical (unpaired) electrons. The van der Waals surface area contributed by atoms with Gasteiger partial charge in [-0.15, -0.1) is 0 Å². The molecule has 1 atom stereocenters. The summed E-state index contributed by atoms with van der Waals surface area (Å²) in [4.78, 5) is 12.0. The number of hydrogen-bond donors (Lipinski definition) is 1. The van der Waals surface area contributed by atoms with Gasteiger partial charge in [-0.25, -0.2) is 0 Å². The number of aliphatic hydroxyl groups is 1. The quantitative estimate of drug-likeness (QED) is 0.753. The van der Waals surface area contributed by atoms with Crippen molar-refractivity contribution in [2.24, 2.45) is 5.41 Å². The number of hydrogen-bond acceptors (Lipinski definition) is 2. The molecule has 1 aliphatic carbocycles. The van der Waals surface area contributed by atoms with E-state index in [-0.39, 0.29) is 17.8 Å². The van der Waals surface area contributed by atoms with E-state index in [9.17, 15) is 4.79 Å². The highest BCUT2D eigenvalue weighted by molar-refractivity contribution is 6.00. The Morgan fingerprint density at radius 3 is 2.64 bits per heavy atom. The zero-order valence-electron chi connectivity index (χ0n) is 9.39. The van der Waals surface area contributed by atoms with Crippen molar-refractivity contribution in [3.05, 3.63) is 11.1 Å². The molecule has 1 N–H and O–H groups in total. The maximum Gasteiger partial charge on any atom is 0.164 e. The number of allylic oxidation sites excluding steroid dienone is 2. The fourth-order valence-electron chi connectivity index (χ4n) is 2.12. The predicted molar refractivity (Wildman–Crippen MR) is 57.0 cm³/mol. The van der Waals surface area contributed by atoms with E-state index in [1.807, 2.05) is 20.8 Å². The van der Waals surface area contributed by atoms with Crippen molar-refractivity contribution in [1.82, 2.24) is 0 Å². The van der Waals surface area contributed by atoms with E-state index in [2.05, 4.69) is 0 Å². The van der Waals surface area contributed by atoms with Crippen LogP contribution in [-0.4, -0.2) is 17.5 Å². The molecule has 0 aromatic carbocycles. The Bertz CT molecular complexity index is 265. The van der Waals surface area contributed by atoms with Crippen molar-refractivity contribution in [2.75, 3.05) is 6.61 Å². The molecule has 0 saturated carbocycles. The van der Waals surface area contributed by atoms with E-state index in [0.29, 0.717) is 0 Å². The lowest BCUT2D eigenvalue weighted by atomic mass is 9.70. The van der Waals surface area contributed by atoms with Gasteiger partial charge in [0.15, 0.2) is 5.78 Å². The van der Waals surface area contributed by atoms with Crippen LogP contribution in [0.2, 0.25) is 0 Å². The average Bonchev–Trinajstić information content (AvgIpc) is 2.19. The molecule has 1 unspecified atom stereocenters. The van der Waals surface area contributed by atoms with Gasteiger partial charge in [0.1, 0.15) is 0 Å². The SMILES string of the molecule is CC1=C(C)C(=O)C(C)(CCCO)CC1. The molecule has 1 aliphatic rings. The highest BCUT2D eigenvalue weighted by Gasteiger charge is 2.36. The van der Waals surface area contributed by atoms with Crippen molar-refractivity contribution < 1.29 is 9.90 Å². The highest BCUT2D eigenvalue weighted by atomic mass is 16.3. The maximum atomic E-state index is 12.0. The highest BCUT2D eigenvalue weighted by Crippen LogP contribution is 2.39. The van der Waals surface area contributed by atoms with Crippen LogP contribution < -0.4 is 0 Å².